The lowest BCUT2D eigenvalue weighted by atomic mass is 10.2. The molecular weight excluding hydrogens is 472 g/mol. The Morgan fingerprint density at radius 3 is 1.69 bits per heavy atom. The third kappa shape index (κ3) is 27.5. The maximum atomic E-state index is 11.0. The van der Waals surface area contributed by atoms with E-state index in [9.17, 15) is 14.4 Å². The van der Waals surface area contributed by atoms with E-state index in [1.54, 1.807) is 0 Å². The first kappa shape index (κ1) is 34.5. The molecule has 13 heteroatoms. The number of ether oxygens (including phenoxy) is 8. The Morgan fingerprint density at radius 2 is 1.23 bits per heavy atom. The molecule has 0 fully saturated rings. The van der Waals surface area contributed by atoms with Crippen molar-refractivity contribution in [3.05, 3.63) is 35.9 Å². The Balaban J connectivity index is 0. The highest BCUT2D eigenvalue weighted by Crippen LogP contribution is 2.00. The second-order valence-electron chi connectivity index (χ2n) is 6.00. The Labute approximate surface area is 204 Å². The van der Waals surface area contributed by atoms with Crippen molar-refractivity contribution in [2.45, 2.75) is 19.4 Å². The Morgan fingerprint density at radius 1 is 0.686 bits per heavy atom. The van der Waals surface area contributed by atoms with E-state index in [1.807, 2.05) is 30.3 Å². The van der Waals surface area contributed by atoms with Gasteiger partial charge in [0.1, 0.15) is 13.4 Å². The second-order valence-corrected chi connectivity index (χ2v) is 6.00. The van der Waals surface area contributed by atoms with Crippen LogP contribution < -0.4 is 0 Å². The molecule has 0 spiro atoms. The van der Waals surface area contributed by atoms with Crippen LogP contribution in [-0.2, 0) is 58.9 Å². The van der Waals surface area contributed by atoms with Gasteiger partial charge >= 0.3 is 17.9 Å². The van der Waals surface area contributed by atoms with E-state index in [0.29, 0.717) is 19.8 Å². The highest BCUT2D eigenvalue weighted by Gasteiger charge is 2.02. The average Bonchev–Trinajstić information content (AvgIpc) is 2.86. The molecule has 0 aliphatic rings. The summed E-state index contributed by atoms with van der Waals surface area (Å²) in [6.07, 6.45) is 0.383. The lowest BCUT2D eigenvalue weighted by molar-refractivity contribution is -0.166. The minimum atomic E-state index is -0.553. The summed E-state index contributed by atoms with van der Waals surface area (Å²) in [5.74, 6) is -1.37. The first-order valence-corrected chi connectivity index (χ1v) is 10.3. The first-order chi connectivity index (χ1) is 16.9. The van der Waals surface area contributed by atoms with Crippen molar-refractivity contribution in [3.8, 4) is 0 Å². The van der Waals surface area contributed by atoms with Crippen molar-refractivity contribution in [1.29, 1.82) is 0 Å². The molecule has 1 aromatic rings. The molecule has 0 atom stereocenters. The van der Waals surface area contributed by atoms with Gasteiger partial charge in [-0.1, -0.05) is 30.3 Å². The molecular formula is C22H36O13. The minimum absolute atomic E-state index is 0.0694. The van der Waals surface area contributed by atoms with Gasteiger partial charge in [0, 0.05) is 21.3 Å². The van der Waals surface area contributed by atoms with E-state index in [0.717, 1.165) is 5.56 Å². The van der Waals surface area contributed by atoms with Crippen molar-refractivity contribution >= 4 is 17.9 Å². The van der Waals surface area contributed by atoms with Gasteiger partial charge in [-0.25, -0.2) is 4.79 Å². The summed E-state index contributed by atoms with van der Waals surface area (Å²) in [5, 5.41) is 16.1. The van der Waals surface area contributed by atoms with Gasteiger partial charge in [0.05, 0.1) is 32.7 Å². The van der Waals surface area contributed by atoms with Crippen LogP contribution in [0.25, 0.3) is 0 Å². The van der Waals surface area contributed by atoms with Gasteiger partial charge in [-0.2, -0.15) is 0 Å². The summed E-state index contributed by atoms with van der Waals surface area (Å²) >= 11 is 0. The van der Waals surface area contributed by atoms with E-state index in [1.165, 1.54) is 21.3 Å². The zero-order valence-corrected chi connectivity index (χ0v) is 20.3. The van der Waals surface area contributed by atoms with Crippen LogP contribution >= 0.6 is 0 Å². The number of hydrogen-bond acceptors (Lipinski definition) is 13. The molecule has 0 bridgehead atoms. The fourth-order valence-electron chi connectivity index (χ4n) is 1.75. The molecule has 202 valence electrons. The molecule has 0 saturated carbocycles. The number of benzene rings is 1. The van der Waals surface area contributed by atoms with Gasteiger partial charge < -0.3 is 48.1 Å². The van der Waals surface area contributed by atoms with Crippen LogP contribution in [0.3, 0.4) is 0 Å². The largest absolute Gasteiger partial charge is 0.439 e. The summed E-state index contributed by atoms with van der Waals surface area (Å²) in [7, 11) is 4.47. The zero-order chi connectivity index (χ0) is 26.6. The van der Waals surface area contributed by atoms with Gasteiger partial charge in [0.2, 0.25) is 0 Å². The highest BCUT2D eigenvalue weighted by atomic mass is 16.7. The van der Waals surface area contributed by atoms with Gasteiger partial charge in [0.15, 0.2) is 20.4 Å². The number of esters is 3. The van der Waals surface area contributed by atoms with Gasteiger partial charge in [-0.05, 0) is 5.56 Å². The normalized spacial score (nSPS) is 9.63. The third-order valence-electron chi connectivity index (χ3n) is 3.31. The lowest BCUT2D eigenvalue weighted by Crippen LogP contribution is -2.15. The maximum Gasteiger partial charge on any atom is 0.334 e. The smallest absolute Gasteiger partial charge is 0.334 e. The maximum absolute atomic E-state index is 11.0. The van der Waals surface area contributed by atoms with E-state index in [4.69, 9.17) is 24.4 Å². The Kier molecular flexibility index (Phi) is 27.2. The topological polar surface area (TPSA) is 166 Å². The molecule has 0 unspecified atom stereocenters. The van der Waals surface area contributed by atoms with Crippen LogP contribution in [0.4, 0.5) is 0 Å². The van der Waals surface area contributed by atoms with E-state index >= 15 is 0 Å². The van der Waals surface area contributed by atoms with Gasteiger partial charge in [0.25, 0.3) is 0 Å². The van der Waals surface area contributed by atoms with E-state index in [2.05, 4.69) is 23.7 Å². The Bertz CT molecular complexity index is 603. The lowest BCUT2D eigenvalue weighted by Gasteiger charge is -2.06. The molecule has 0 amide bonds. The van der Waals surface area contributed by atoms with Crippen molar-refractivity contribution < 1.29 is 62.5 Å². The predicted octanol–water partition coefficient (Wildman–Crippen LogP) is 0.356. The van der Waals surface area contributed by atoms with Crippen LogP contribution in [0, 0.1) is 0 Å². The number of hydrogen-bond donors (Lipinski definition) is 2. The predicted molar refractivity (Wildman–Crippen MR) is 119 cm³/mol. The van der Waals surface area contributed by atoms with E-state index < -0.39 is 31.5 Å². The Hall–Kier alpha value is -2.65. The summed E-state index contributed by atoms with van der Waals surface area (Å²) < 4.78 is 36.9. The number of aliphatic hydroxyl groups is 2. The van der Waals surface area contributed by atoms with Crippen LogP contribution in [0.2, 0.25) is 0 Å². The molecule has 13 nitrogen and oxygen atoms in total. The summed E-state index contributed by atoms with van der Waals surface area (Å²) in [4.78, 5) is 31.7. The molecule has 0 aliphatic carbocycles. The highest BCUT2D eigenvalue weighted by molar-refractivity contribution is 5.70. The number of carbonyl (C=O) groups is 3. The average molecular weight is 509 g/mol. The zero-order valence-electron chi connectivity index (χ0n) is 20.3. The van der Waals surface area contributed by atoms with Gasteiger partial charge in [-0.15, -0.1) is 0 Å². The SMILES string of the molecule is COCCC(=O)OCO.COCCC(=O)OCO.COCOCC(=O)OCOCc1ccccc1. The van der Waals surface area contributed by atoms with Crippen molar-refractivity contribution in [2.24, 2.45) is 0 Å². The molecule has 0 aromatic heterocycles. The first-order valence-electron chi connectivity index (χ1n) is 10.3. The number of aliphatic hydroxyl groups excluding tert-OH is 2. The molecule has 0 aliphatic heterocycles. The van der Waals surface area contributed by atoms with Crippen molar-refractivity contribution in [1.82, 2.24) is 0 Å². The summed E-state index contributed by atoms with van der Waals surface area (Å²) in [5.41, 5.74) is 1.03. The minimum Gasteiger partial charge on any atom is -0.439 e. The molecule has 35 heavy (non-hydrogen) atoms. The fraction of sp³-hybridized carbons (Fsp3) is 0.591. The molecule has 0 radical (unpaired) electrons. The second kappa shape index (κ2) is 27.6. The summed E-state index contributed by atoms with van der Waals surface area (Å²) in [6, 6.07) is 9.64. The molecule has 0 saturated heterocycles. The van der Waals surface area contributed by atoms with E-state index in [-0.39, 0.29) is 33.0 Å². The third-order valence-corrected chi connectivity index (χ3v) is 3.31. The van der Waals surface area contributed by atoms with Crippen LogP contribution in [-0.4, -0.2) is 96.4 Å². The molecule has 2 N–H and O–H groups in total. The quantitative estimate of drug-likeness (QED) is 0.136. The van der Waals surface area contributed by atoms with Gasteiger partial charge in [-0.3, -0.25) is 9.59 Å². The van der Waals surface area contributed by atoms with Crippen LogP contribution in [0.1, 0.15) is 18.4 Å². The molecule has 0 heterocycles. The van der Waals surface area contributed by atoms with Crippen molar-refractivity contribution in [3.63, 3.8) is 0 Å². The van der Waals surface area contributed by atoms with Crippen LogP contribution in [0.15, 0.2) is 30.3 Å². The monoisotopic (exact) mass is 508 g/mol. The molecule has 1 rings (SSSR count). The standard InChI is InChI=1S/C12H16O5.2C5H10O4/c1-14-9-16-8-12(13)17-10-15-7-11-5-3-2-4-6-11;2*1-8-3-2-5(7)9-4-6/h2-6H,7-10H2,1H3;2*6H,2-4H2,1H3. The fourth-order valence-corrected chi connectivity index (χ4v) is 1.75. The number of carbonyl (C=O) groups excluding carboxylic acids is 3. The number of methoxy groups -OCH3 is 3. The van der Waals surface area contributed by atoms with Crippen LogP contribution in [0.5, 0.6) is 0 Å². The molecule has 1 aromatic carbocycles. The number of rotatable bonds is 16. The van der Waals surface area contributed by atoms with Crippen molar-refractivity contribution in [2.75, 3.05) is 68.3 Å². The summed E-state index contributed by atoms with van der Waals surface area (Å²) in [6.45, 7) is -0.178.